The molecule has 0 aromatic heterocycles. The summed E-state index contributed by atoms with van der Waals surface area (Å²) >= 11 is 0. The summed E-state index contributed by atoms with van der Waals surface area (Å²) in [7, 11) is -3.72. The molecule has 0 aliphatic carbocycles. The zero-order valence-corrected chi connectivity index (χ0v) is 17.8. The number of anilines is 1. The zero-order chi connectivity index (χ0) is 21.1. The predicted octanol–water partition coefficient (Wildman–Crippen LogP) is 3.52. The van der Waals surface area contributed by atoms with Gasteiger partial charge in [0.1, 0.15) is 0 Å². The topological polar surface area (TPSA) is 75.3 Å². The Kier molecular flexibility index (Phi) is 6.65. The van der Waals surface area contributed by atoms with Crippen molar-refractivity contribution in [3.05, 3.63) is 57.6 Å². The Labute approximate surface area is 167 Å². The third kappa shape index (κ3) is 4.61. The lowest BCUT2D eigenvalue weighted by Crippen LogP contribution is -2.29. The van der Waals surface area contributed by atoms with Gasteiger partial charge in [-0.3, -0.25) is 4.79 Å². The Morgan fingerprint density at radius 1 is 1.00 bits per heavy atom. The minimum atomic E-state index is -3.72. The smallest absolute Gasteiger partial charge is 0.241 e. The molecule has 2 aromatic carbocycles. The quantitative estimate of drug-likeness (QED) is 0.731. The molecule has 0 radical (unpaired) electrons. The molecule has 1 amide bonds. The number of terminal acetylenes is 1. The van der Waals surface area contributed by atoms with Gasteiger partial charge in [-0.05, 0) is 80.6 Å². The van der Waals surface area contributed by atoms with Crippen LogP contribution in [0.4, 0.5) is 5.69 Å². The van der Waals surface area contributed by atoms with E-state index in [1.807, 2.05) is 34.6 Å². The zero-order valence-electron chi connectivity index (χ0n) is 16.9. The Balaban J connectivity index is 2.08. The first-order valence-electron chi connectivity index (χ1n) is 9.01. The number of hydrogen-bond acceptors (Lipinski definition) is 3. The van der Waals surface area contributed by atoms with Gasteiger partial charge in [-0.2, -0.15) is 0 Å². The molecule has 0 aliphatic rings. The van der Waals surface area contributed by atoms with Gasteiger partial charge in [0, 0.05) is 24.2 Å². The van der Waals surface area contributed by atoms with Crippen LogP contribution >= 0.6 is 0 Å². The standard InChI is InChI=1S/C22H26N2O3S/c1-7-19-9-8-10-20(13-19)24-21(25)11-12-23-28(26,27)22-17(5)15(3)14(2)16(4)18(22)6/h1,8-10,13,23H,11-12H2,2-6H3,(H,24,25). The second-order valence-electron chi connectivity index (χ2n) is 6.88. The van der Waals surface area contributed by atoms with Crippen LogP contribution in [0, 0.1) is 47.0 Å². The van der Waals surface area contributed by atoms with Crippen molar-refractivity contribution in [1.82, 2.24) is 4.72 Å². The van der Waals surface area contributed by atoms with E-state index in [4.69, 9.17) is 6.42 Å². The van der Waals surface area contributed by atoms with Gasteiger partial charge in [-0.1, -0.05) is 12.0 Å². The van der Waals surface area contributed by atoms with E-state index in [9.17, 15) is 13.2 Å². The number of rotatable bonds is 6. The number of sulfonamides is 1. The first-order chi connectivity index (χ1) is 13.1. The Bertz CT molecular complexity index is 1030. The van der Waals surface area contributed by atoms with Gasteiger partial charge < -0.3 is 5.32 Å². The molecule has 5 nitrogen and oxygen atoms in total. The first kappa shape index (κ1) is 21.7. The van der Waals surface area contributed by atoms with E-state index in [1.165, 1.54) is 0 Å². The van der Waals surface area contributed by atoms with E-state index in [-0.39, 0.29) is 18.9 Å². The molecule has 0 heterocycles. The van der Waals surface area contributed by atoms with Crippen molar-refractivity contribution in [3.8, 4) is 12.3 Å². The van der Waals surface area contributed by atoms with Crippen LogP contribution in [0.2, 0.25) is 0 Å². The van der Waals surface area contributed by atoms with Crippen LogP contribution in [-0.2, 0) is 14.8 Å². The fraction of sp³-hybridized carbons (Fsp3) is 0.318. The van der Waals surface area contributed by atoms with Crippen LogP contribution in [0.15, 0.2) is 29.2 Å². The maximum atomic E-state index is 12.8. The number of nitrogens with one attached hydrogen (secondary N) is 2. The third-order valence-electron chi connectivity index (χ3n) is 5.16. The van der Waals surface area contributed by atoms with Crippen molar-refractivity contribution in [2.45, 2.75) is 45.9 Å². The summed E-state index contributed by atoms with van der Waals surface area (Å²) < 4.78 is 28.2. The second-order valence-corrected chi connectivity index (χ2v) is 8.58. The van der Waals surface area contributed by atoms with Gasteiger partial charge in [0.25, 0.3) is 0 Å². The molecule has 0 saturated carbocycles. The largest absolute Gasteiger partial charge is 0.326 e. The molecule has 0 atom stereocenters. The molecule has 28 heavy (non-hydrogen) atoms. The molecule has 2 aromatic rings. The lowest BCUT2D eigenvalue weighted by molar-refractivity contribution is -0.116. The van der Waals surface area contributed by atoms with E-state index < -0.39 is 10.0 Å². The van der Waals surface area contributed by atoms with Crippen molar-refractivity contribution >= 4 is 21.6 Å². The van der Waals surface area contributed by atoms with Crippen molar-refractivity contribution in [2.75, 3.05) is 11.9 Å². The first-order valence-corrected chi connectivity index (χ1v) is 10.5. The summed E-state index contributed by atoms with van der Waals surface area (Å²) in [6.07, 6.45) is 5.36. The summed E-state index contributed by atoms with van der Waals surface area (Å²) in [6, 6.07) is 6.93. The van der Waals surface area contributed by atoms with Gasteiger partial charge in [0.15, 0.2) is 0 Å². The summed E-state index contributed by atoms with van der Waals surface area (Å²) in [5.41, 5.74) is 5.76. The molecular weight excluding hydrogens is 372 g/mol. The van der Waals surface area contributed by atoms with Crippen molar-refractivity contribution in [2.24, 2.45) is 0 Å². The average molecular weight is 399 g/mol. The molecule has 6 heteroatoms. The lowest BCUT2D eigenvalue weighted by Gasteiger charge is -2.19. The predicted molar refractivity (Wildman–Crippen MR) is 113 cm³/mol. The molecule has 0 saturated heterocycles. The third-order valence-corrected chi connectivity index (χ3v) is 6.89. The molecular formula is C22H26N2O3S. The fourth-order valence-corrected chi connectivity index (χ4v) is 4.78. The monoisotopic (exact) mass is 398 g/mol. The maximum Gasteiger partial charge on any atom is 0.241 e. The lowest BCUT2D eigenvalue weighted by atomic mass is 9.95. The van der Waals surface area contributed by atoms with E-state index in [2.05, 4.69) is 16.0 Å². The van der Waals surface area contributed by atoms with Crippen LogP contribution < -0.4 is 10.0 Å². The Morgan fingerprint density at radius 3 is 2.14 bits per heavy atom. The molecule has 0 aliphatic heterocycles. The molecule has 2 rings (SSSR count). The van der Waals surface area contributed by atoms with E-state index in [0.29, 0.717) is 16.1 Å². The number of carbonyl (C=O) groups excluding carboxylic acids is 1. The highest BCUT2D eigenvalue weighted by molar-refractivity contribution is 7.89. The molecule has 2 N–H and O–H groups in total. The highest BCUT2D eigenvalue weighted by atomic mass is 32.2. The SMILES string of the molecule is C#Cc1cccc(NC(=O)CCNS(=O)(=O)c2c(C)c(C)c(C)c(C)c2C)c1. The van der Waals surface area contributed by atoms with Crippen LogP contribution in [0.25, 0.3) is 0 Å². The number of benzene rings is 2. The van der Waals surface area contributed by atoms with E-state index >= 15 is 0 Å². The highest BCUT2D eigenvalue weighted by Crippen LogP contribution is 2.29. The second kappa shape index (κ2) is 8.59. The molecule has 0 spiro atoms. The molecule has 148 valence electrons. The Hall–Kier alpha value is -2.62. The highest BCUT2D eigenvalue weighted by Gasteiger charge is 2.23. The van der Waals surface area contributed by atoms with Gasteiger partial charge in [0.05, 0.1) is 4.90 Å². The fourth-order valence-electron chi connectivity index (χ4n) is 3.15. The Morgan fingerprint density at radius 2 is 1.57 bits per heavy atom. The van der Waals surface area contributed by atoms with Crippen molar-refractivity contribution in [3.63, 3.8) is 0 Å². The minimum Gasteiger partial charge on any atom is -0.326 e. The molecule has 0 bridgehead atoms. The average Bonchev–Trinajstić information content (AvgIpc) is 2.64. The molecule has 0 unspecified atom stereocenters. The summed E-state index contributed by atoms with van der Waals surface area (Å²) in [4.78, 5) is 12.4. The van der Waals surface area contributed by atoms with E-state index in [0.717, 1.165) is 27.8 Å². The van der Waals surface area contributed by atoms with Crippen LogP contribution in [0.5, 0.6) is 0 Å². The maximum absolute atomic E-state index is 12.8. The number of carbonyl (C=O) groups is 1. The normalized spacial score (nSPS) is 11.1. The van der Waals surface area contributed by atoms with Gasteiger partial charge in [-0.25, -0.2) is 13.1 Å². The summed E-state index contributed by atoms with van der Waals surface area (Å²) in [5.74, 6) is 2.21. The van der Waals surface area contributed by atoms with Gasteiger partial charge in [-0.15, -0.1) is 6.42 Å². The van der Waals surface area contributed by atoms with Crippen molar-refractivity contribution in [1.29, 1.82) is 0 Å². The minimum absolute atomic E-state index is 0.00779. The summed E-state index contributed by atoms with van der Waals surface area (Å²) in [5, 5.41) is 2.72. The number of amides is 1. The number of hydrogen-bond donors (Lipinski definition) is 2. The van der Waals surface area contributed by atoms with Crippen molar-refractivity contribution < 1.29 is 13.2 Å². The van der Waals surface area contributed by atoms with Gasteiger partial charge >= 0.3 is 0 Å². The van der Waals surface area contributed by atoms with Crippen LogP contribution in [0.1, 0.15) is 39.8 Å². The summed E-state index contributed by atoms with van der Waals surface area (Å²) in [6.45, 7) is 9.48. The van der Waals surface area contributed by atoms with Crippen LogP contribution in [-0.4, -0.2) is 20.9 Å². The van der Waals surface area contributed by atoms with Crippen LogP contribution in [0.3, 0.4) is 0 Å². The van der Waals surface area contributed by atoms with Gasteiger partial charge in [0.2, 0.25) is 15.9 Å². The van der Waals surface area contributed by atoms with E-state index in [1.54, 1.807) is 24.3 Å². The molecule has 0 fully saturated rings.